The highest BCUT2D eigenvalue weighted by Crippen LogP contribution is 2.30. The Morgan fingerprint density at radius 1 is 1.10 bits per heavy atom. The Morgan fingerprint density at radius 3 is 2.52 bits per heavy atom. The van der Waals surface area contributed by atoms with E-state index in [1.54, 1.807) is 30.3 Å². The lowest BCUT2D eigenvalue weighted by atomic mass is 10.0. The Morgan fingerprint density at radius 2 is 1.82 bits per heavy atom. The van der Waals surface area contributed by atoms with Crippen molar-refractivity contribution < 1.29 is 43.2 Å². The highest BCUT2D eigenvalue weighted by Gasteiger charge is 2.46. The molecule has 4 rings (SSSR count). The molecule has 1 N–H and O–H groups in total. The van der Waals surface area contributed by atoms with E-state index in [4.69, 9.17) is 23.7 Å². The molecule has 1 fully saturated rings. The SMILES string of the molecule is CO[C@H](C(=O)N1C(=O)OC[C@@H]1c1ccccc1)[C@H]1OC(=CCCOC[C@@H](CO)OCc2ccccc2)C=CC1=O. The molecule has 0 bridgehead atoms. The van der Waals surface area contributed by atoms with Crippen molar-refractivity contribution in [3.63, 3.8) is 0 Å². The number of allylic oxidation sites excluding steroid dienone is 1. The van der Waals surface area contributed by atoms with Crippen LogP contribution in [0.2, 0.25) is 0 Å². The van der Waals surface area contributed by atoms with Gasteiger partial charge in [0.2, 0.25) is 0 Å². The molecule has 2 aliphatic heterocycles. The minimum absolute atomic E-state index is 0.00395. The van der Waals surface area contributed by atoms with Crippen LogP contribution < -0.4 is 0 Å². The number of carbonyl (C=O) groups is 3. The van der Waals surface area contributed by atoms with Gasteiger partial charge in [-0.1, -0.05) is 60.7 Å². The summed E-state index contributed by atoms with van der Waals surface area (Å²) in [6.07, 6.45) is 1.08. The van der Waals surface area contributed by atoms with E-state index in [9.17, 15) is 19.5 Å². The Labute approximate surface area is 232 Å². The number of rotatable bonds is 13. The maximum absolute atomic E-state index is 13.4. The fourth-order valence-corrected chi connectivity index (χ4v) is 4.35. The van der Waals surface area contributed by atoms with Crippen molar-refractivity contribution in [1.29, 1.82) is 0 Å². The lowest BCUT2D eigenvalue weighted by molar-refractivity contribution is -0.153. The molecule has 0 aromatic heterocycles. The Kier molecular flexibility index (Phi) is 10.6. The molecular formula is C30H33NO9. The van der Waals surface area contributed by atoms with Crippen molar-refractivity contribution in [2.75, 3.05) is 33.5 Å². The maximum atomic E-state index is 13.4. The van der Waals surface area contributed by atoms with Gasteiger partial charge in [-0.05, 0) is 35.8 Å². The Bertz CT molecular complexity index is 1200. The predicted octanol–water partition coefficient (Wildman–Crippen LogP) is 3.11. The maximum Gasteiger partial charge on any atom is 0.417 e. The standard InChI is InChI=1S/C30H33NO9/c1-36-28(29(34)31-25(20-39-30(31)35)22-11-6-3-7-12-22)27-26(33)15-14-23(40-27)13-8-16-37-19-24(17-32)38-18-21-9-4-2-5-10-21/h2-7,9-15,24-25,27-28,32H,8,16-20H2,1H3/t24-,25-,27+,28+/m1/s1. The number of hydrogen-bond acceptors (Lipinski definition) is 9. The Balaban J connectivity index is 1.30. The van der Waals surface area contributed by atoms with Crippen LogP contribution in [0, 0.1) is 0 Å². The number of cyclic esters (lactones) is 1. The highest BCUT2D eigenvalue weighted by molar-refractivity contribution is 6.03. The molecule has 4 atom stereocenters. The first kappa shape index (κ1) is 29.2. The number of aliphatic hydroxyl groups excluding tert-OH is 1. The first-order valence-corrected chi connectivity index (χ1v) is 13.0. The lowest BCUT2D eigenvalue weighted by Crippen LogP contribution is -2.51. The summed E-state index contributed by atoms with van der Waals surface area (Å²) in [5, 5.41) is 9.57. The molecule has 2 amide bonds. The zero-order valence-corrected chi connectivity index (χ0v) is 22.2. The van der Waals surface area contributed by atoms with Crippen LogP contribution in [0.3, 0.4) is 0 Å². The van der Waals surface area contributed by atoms with Crippen LogP contribution in [0.15, 0.2) is 84.7 Å². The lowest BCUT2D eigenvalue weighted by Gasteiger charge is -2.30. The fourth-order valence-electron chi connectivity index (χ4n) is 4.35. The molecule has 10 heteroatoms. The number of methoxy groups -OCH3 is 1. The number of carbonyl (C=O) groups excluding carboxylic acids is 3. The van der Waals surface area contributed by atoms with Gasteiger partial charge in [0, 0.05) is 7.11 Å². The van der Waals surface area contributed by atoms with E-state index >= 15 is 0 Å². The van der Waals surface area contributed by atoms with Gasteiger partial charge in [0.15, 0.2) is 18.0 Å². The zero-order valence-electron chi connectivity index (χ0n) is 22.2. The van der Waals surface area contributed by atoms with Gasteiger partial charge in [-0.3, -0.25) is 9.59 Å². The number of imide groups is 1. The van der Waals surface area contributed by atoms with Gasteiger partial charge < -0.3 is 28.8 Å². The van der Waals surface area contributed by atoms with E-state index in [1.807, 2.05) is 36.4 Å². The van der Waals surface area contributed by atoms with Gasteiger partial charge in [0.1, 0.15) is 24.5 Å². The minimum atomic E-state index is -1.36. The van der Waals surface area contributed by atoms with Crippen molar-refractivity contribution in [2.45, 2.75) is 37.4 Å². The van der Waals surface area contributed by atoms with Gasteiger partial charge in [-0.2, -0.15) is 0 Å². The van der Waals surface area contributed by atoms with Gasteiger partial charge in [0.05, 0.1) is 26.4 Å². The summed E-state index contributed by atoms with van der Waals surface area (Å²) in [5.41, 5.74) is 1.72. The molecule has 2 aromatic rings. The molecule has 40 heavy (non-hydrogen) atoms. The van der Waals surface area contributed by atoms with E-state index in [2.05, 4.69) is 0 Å². The van der Waals surface area contributed by atoms with Crippen LogP contribution in [0.4, 0.5) is 4.79 Å². The second-order valence-corrected chi connectivity index (χ2v) is 9.21. The molecule has 2 aromatic carbocycles. The molecule has 10 nitrogen and oxygen atoms in total. The summed E-state index contributed by atoms with van der Waals surface area (Å²) >= 11 is 0. The summed E-state index contributed by atoms with van der Waals surface area (Å²) in [7, 11) is 1.28. The van der Waals surface area contributed by atoms with Crippen LogP contribution in [-0.4, -0.2) is 79.6 Å². The van der Waals surface area contributed by atoms with Gasteiger partial charge in [-0.25, -0.2) is 9.69 Å². The summed E-state index contributed by atoms with van der Waals surface area (Å²) in [6, 6.07) is 18.0. The van der Waals surface area contributed by atoms with E-state index in [1.165, 1.54) is 19.3 Å². The van der Waals surface area contributed by atoms with Crippen LogP contribution in [0.5, 0.6) is 0 Å². The number of nitrogens with zero attached hydrogens (tertiary/aromatic N) is 1. The molecule has 0 saturated carbocycles. The number of amides is 2. The first-order valence-electron chi connectivity index (χ1n) is 13.0. The summed E-state index contributed by atoms with van der Waals surface area (Å²) < 4.78 is 27.7. The smallest absolute Gasteiger partial charge is 0.417 e. The third-order valence-corrected chi connectivity index (χ3v) is 6.47. The fraction of sp³-hybridized carbons (Fsp3) is 0.367. The number of hydrogen-bond donors (Lipinski definition) is 1. The molecular weight excluding hydrogens is 518 g/mol. The number of ether oxygens (including phenoxy) is 5. The number of aliphatic hydroxyl groups is 1. The van der Waals surface area contributed by atoms with E-state index < -0.39 is 42.1 Å². The highest BCUT2D eigenvalue weighted by atomic mass is 16.6. The number of ketones is 1. The average Bonchev–Trinajstić information content (AvgIpc) is 3.38. The molecule has 0 spiro atoms. The zero-order chi connectivity index (χ0) is 28.3. The topological polar surface area (TPSA) is 121 Å². The second-order valence-electron chi connectivity index (χ2n) is 9.21. The Hall–Kier alpha value is -3.83. The summed E-state index contributed by atoms with van der Waals surface area (Å²) in [6.45, 7) is 0.721. The van der Waals surface area contributed by atoms with Crippen molar-refractivity contribution in [2.24, 2.45) is 0 Å². The van der Waals surface area contributed by atoms with Crippen LogP contribution in [0.25, 0.3) is 0 Å². The predicted molar refractivity (Wildman–Crippen MR) is 143 cm³/mol. The monoisotopic (exact) mass is 551 g/mol. The first-order chi connectivity index (χ1) is 19.5. The van der Waals surface area contributed by atoms with Crippen molar-refractivity contribution in [1.82, 2.24) is 4.90 Å². The second kappa shape index (κ2) is 14.5. The molecule has 212 valence electrons. The van der Waals surface area contributed by atoms with Crippen LogP contribution >= 0.6 is 0 Å². The largest absolute Gasteiger partial charge is 0.479 e. The van der Waals surface area contributed by atoms with E-state index in [0.717, 1.165) is 16.0 Å². The molecule has 0 unspecified atom stereocenters. The van der Waals surface area contributed by atoms with Crippen LogP contribution in [-0.2, 0) is 39.9 Å². The molecule has 0 radical (unpaired) electrons. The molecule has 2 aliphatic rings. The quantitative estimate of drug-likeness (QED) is 0.374. The third-order valence-electron chi connectivity index (χ3n) is 6.47. The molecule has 1 saturated heterocycles. The molecule has 0 aliphatic carbocycles. The normalized spacial score (nSPS) is 21.2. The van der Waals surface area contributed by atoms with Gasteiger partial charge in [-0.15, -0.1) is 0 Å². The van der Waals surface area contributed by atoms with E-state index in [0.29, 0.717) is 25.4 Å². The third kappa shape index (κ3) is 7.42. The van der Waals surface area contributed by atoms with Crippen molar-refractivity contribution in [3.05, 3.63) is 95.8 Å². The van der Waals surface area contributed by atoms with Crippen molar-refractivity contribution >= 4 is 17.8 Å². The summed E-state index contributed by atoms with van der Waals surface area (Å²) in [4.78, 5) is 39.6. The molecule has 2 heterocycles. The average molecular weight is 552 g/mol. The van der Waals surface area contributed by atoms with Gasteiger partial charge in [0.25, 0.3) is 5.91 Å². The van der Waals surface area contributed by atoms with E-state index in [-0.39, 0.29) is 19.8 Å². The van der Waals surface area contributed by atoms with Gasteiger partial charge >= 0.3 is 6.09 Å². The minimum Gasteiger partial charge on any atom is -0.479 e. The number of benzene rings is 2. The van der Waals surface area contributed by atoms with Crippen LogP contribution in [0.1, 0.15) is 23.6 Å². The summed E-state index contributed by atoms with van der Waals surface area (Å²) in [5.74, 6) is -0.815. The van der Waals surface area contributed by atoms with Crippen molar-refractivity contribution in [3.8, 4) is 0 Å².